The van der Waals surface area contributed by atoms with Crippen LogP contribution < -0.4 is 0 Å². The predicted molar refractivity (Wildman–Crippen MR) is 119 cm³/mol. The Hall–Kier alpha value is -2.66. The Morgan fingerprint density at radius 1 is 1.03 bits per heavy atom. The molecule has 1 aliphatic rings. The molecule has 1 fully saturated rings. The maximum atomic E-state index is 12.0. The maximum absolute atomic E-state index is 12.0. The van der Waals surface area contributed by atoms with E-state index in [1.165, 1.54) is 11.1 Å². The average molecular weight is 409 g/mol. The van der Waals surface area contributed by atoms with Gasteiger partial charge in [0, 0.05) is 25.9 Å². The molecule has 0 aliphatic carbocycles. The van der Waals surface area contributed by atoms with Gasteiger partial charge in [-0.15, -0.1) is 0 Å². The molecule has 1 aliphatic heterocycles. The van der Waals surface area contributed by atoms with E-state index in [9.17, 15) is 4.79 Å². The van der Waals surface area contributed by atoms with Crippen LogP contribution in [0.1, 0.15) is 30.9 Å². The van der Waals surface area contributed by atoms with Gasteiger partial charge in [-0.3, -0.25) is 9.69 Å². The molecule has 1 atom stereocenters. The van der Waals surface area contributed by atoms with Crippen LogP contribution in [0.25, 0.3) is 0 Å². The fourth-order valence-corrected chi connectivity index (χ4v) is 3.81. The van der Waals surface area contributed by atoms with Crippen molar-refractivity contribution in [2.75, 3.05) is 32.8 Å². The van der Waals surface area contributed by atoms with Gasteiger partial charge in [-0.1, -0.05) is 65.8 Å². The van der Waals surface area contributed by atoms with E-state index in [0.717, 1.165) is 51.0 Å². The van der Waals surface area contributed by atoms with E-state index in [2.05, 4.69) is 34.3 Å². The lowest BCUT2D eigenvalue weighted by atomic mass is 9.98. The fraction of sp³-hybridized carbons (Fsp3) is 0.440. The molecule has 0 saturated carbocycles. The van der Waals surface area contributed by atoms with Crippen LogP contribution in [0.15, 0.2) is 65.8 Å². The summed E-state index contributed by atoms with van der Waals surface area (Å²) in [5, 5.41) is 4.48. The molecule has 1 saturated heterocycles. The molecule has 1 heterocycles. The first-order valence-corrected chi connectivity index (χ1v) is 10.9. The van der Waals surface area contributed by atoms with E-state index in [4.69, 9.17) is 9.57 Å². The van der Waals surface area contributed by atoms with Crippen LogP contribution in [0.4, 0.5) is 0 Å². The van der Waals surface area contributed by atoms with Gasteiger partial charge in [0.25, 0.3) is 0 Å². The van der Waals surface area contributed by atoms with E-state index >= 15 is 0 Å². The molecule has 0 radical (unpaired) electrons. The summed E-state index contributed by atoms with van der Waals surface area (Å²) in [6, 6.07) is 20.7. The number of hydrogen-bond acceptors (Lipinski definition) is 5. The normalized spacial score (nSPS) is 16.6. The molecular weight excluding hydrogens is 376 g/mol. The average Bonchev–Trinajstić information content (AvgIpc) is 2.78. The van der Waals surface area contributed by atoms with Gasteiger partial charge in [0.05, 0.1) is 18.2 Å². The van der Waals surface area contributed by atoms with Gasteiger partial charge in [-0.2, -0.15) is 0 Å². The van der Waals surface area contributed by atoms with Gasteiger partial charge in [0.15, 0.2) is 0 Å². The Kier molecular flexibility index (Phi) is 8.91. The number of ether oxygens (including phenoxy) is 1. The fourth-order valence-electron chi connectivity index (χ4n) is 3.81. The third-order valence-corrected chi connectivity index (χ3v) is 5.32. The van der Waals surface area contributed by atoms with Crippen molar-refractivity contribution < 1.29 is 14.4 Å². The van der Waals surface area contributed by atoms with Crippen LogP contribution in [0.3, 0.4) is 0 Å². The number of nitrogens with zero attached hydrogens (tertiary/aromatic N) is 2. The number of oxime groups is 1. The number of benzene rings is 2. The molecule has 0 unspecified atom stereocenters. The zero-order valence-corrected chi connectivity index (χ0v) is 17.8. The van der Waals surface area contributed by atoms with Crippen molar-refractivity contribution in [3.05, 3.63) is 71.8 Å². The van der Waals surface area contributed by atoms with Crippen LogP contribution in [0, 0.1) is 5.92 Å². The van der Waals surface area contributed by atoms with Crippen molar-refractivity contribution in [1.29, 1.82) is 0 Å². The van der Waals surface area contributed by atoms with Crippen molar-refractivity contribution in [2.24, 2.45) is 11.1 Å². The largest absolute Gasteiger partial charge is 0.466 e. The molecule has 2 aromatic rings. The molecule has 5 heteroatoms. The topological polar surface area (TPSA) is 51.1 Å². The number of rotatable bonds is 10. The molecule has 0 bridgehead atoms. The summed E-state index contributed by atoms with van der Waals surface area (Å²) in [4.78, 5) is 20.0. The first-order chi connectivity index (χ1) is 14.7. The second-order valence-corrected chi connectivity index (χ2v) is 7.71. The standard InChI is InChI=1S/C25H32N2O3/c1-2-29-25(28)23-14-9-15-27(20-23)16-17-30-26-24(18-21-10-5-3-6-11-21)19-22-12-7-4-8-13-22/h3-8,10-13,23H,2,9,14-20H2,1H3/t23-/m1/s1. The molecule has 0 amide bonds. The van der Waals surface area contributed by atoms with Gasteiger partial charge in [-0.25, -0.2) is 0 Å². The maximum Gasteiger partial charge on any atom is 0.310 e. The predicted octanol–water partition coefficient (Wildman–Crippen LogP) is 4.12. The highest BCUT2D eigenvalue weighted by atomic mass is 16.6. The first kappa shape index (κ1) is 22.0. The van der Waals surface area contributed by atoms with E-state index in [1.807, 2.05) is 43.3 Å². The van der Waals surface area contributed by atoms with Gasteiger partial charge in [0.1, 0.15) is 6.61 Å². The molecule has 0 spiro atoms. The SMILES string of the molecule is CCOC(=O)[C@@H]1CCCN(CCON=C(Cc2ccccc2)Cc2ccccc2)C1. The number of carbonyl (C=O) groups excluding carboxylic acids is 1. The Balaban J connectivity index is 1.52. The number of piperidine rings is 1. The molecule has 5 nitrogen and oxygen atoms in total. The lowest BCUT2D eigenvalue weighted by molar-refractivity contribution is -0.150. The highest BCUT2D eigenvalue weighted by Crippen LogP contribution is 2.17. The smallest absolute Gasteiger partial charge is 0.310 e. The van der Waals surface area contributed by atoms with Crippen molar-refractivity contribution >= 4 is 11.7 Å². The zero-order chi connectivity index (χ0) is 21.0. The van der Waals surface area contributed by atoms with Crippen molar-refractivity contribution in [2.45, 2.75) is 32.6 Å². The lowest BCUT2D eigenvalue weighted by Crippen LogP contribution is -2.40. The second kappa shape index (κ2) is 12.1. The minimum absolute atomic E-state index is 0.0195. The van der Waals surface area contributed by atoms with E-state index in [1.54, 1.807) is 0 Å². The number of carbonyl (C=O) groups is 1. The third-order valence-electron chi connectivity index (χ3n) is 5.32. The molecule has 0 aromatic heterocycles. The third kappa shape index (κ3) is 7.30. The van der Waals surface area contributed by atoms with Crippen LogP contribution >= 0.6 is 0 Å². The van der Waals surface area contributed by atoms with E-state index < -0.39 is 0 Å². The summed E-state index contributed by atoms with van der Waals surface area (Å²) in [5.74, 6) is -0.0944. The minimum atomic E-state index is -0.0749. The number of esters is 1. The van der Waals surface area contributed by atoms with Gasteiger partial charge < -0.3 is 9.57 Å². The van der Waals surface area contributed by atoms with Crippen LogP contribution in [-0.4, -0.2) is 49.4 Å². The van der Waals surface area contributed by atoms with Crippen LogP contribution in [0.2, 0.25) is 0 Å². The molecule has 30 heavy (non-hydrogen) atoms. The van der Waals surface area contributed by atoms with Gasteiger partial charge >= 0.3 is 5.97 Å². The number of likely N-dealkylation sites (tertiary alicyclic amines) is 1. The Bertz CT molecular complexity index is 749. The summed E-state index contributed by atoms with van der Waals surface area (Å²) < 4.78 is 5.18. The van der Waals surface area contributed by atoms with Crippen LogP contribution in [0.5, 0.6) is 0 Å². The van der Waals surface area contributed by atoms with E-state index in [0.29, 0.717) is 13.2 Å². The summed E-state index contributed by atoms with van der Waals surface area (Å²) in [6.45, 7) is 5.31. The lowest BCUT2D eigenvalue weighted by Gasteiger charge is -2.30. The zero-order valence-electron chi connectivity index (χ0n) is 17.8. The molecular formula is C25H32N2O3. The summed E-state index contributed by atoms with van der Waals surface area (Å²) in [5.41, 5.74) is 3.46. The Morgan fingerprint density at radius 2 is 1.67 bits per heavy atom. The number of hydrogen-bond donors (Lipinski definition) is 0. The van der Waals surface area contributed by atoms with Crippen molar-refractivity contribution in [1.82, 2.24) is 4.90 Å². The minimum Gasteiger partial charge on any atom is -0.466 e. The Labute approximate surface area is 179 Å². The summed E-state index contributed by atoms with van der Waals surface area (Å²) in [7, 11) is 0. The van der Waals surface area contributed by atoms with Crippen molar-refractivity contribution in [3.63, 3.8) is 0 Å². The highest BCUT2D eigenvalue weighted by Gasteiger charge is 2.26. The van der Waals surface area contributed by atoms with Gasteiger partial charge in [0.2, 0.25) is 0 Å². The monoisotopic (exact) mass is 408 g/mol. The molecule has 2 aromatic carbocycles. The first-order valence-electron chi connectivity index (χ1n) is 10.9. The molecule has 3 rings (SSSR count). The second-order valence-electron chi connectivity index (χ2n) is 7.71. The van der Waals surface area contributed by atoms with Gasteiger partial charge in [-0.05, 0) is 37.4 Å². The van der Waals surface area contributed by atoms with E-state index in [-0.39, 0.29) is 11.9 Å². The molecule has 160 valence electrons. The summed E-state index contributed by atoms with van der Waals surface area (Å²) >= 11 is 0. The van der Waals surface area contributed by atoms with Crippen LogP contribution in [-0.2, 0) is 27.2 Å². The highest BCUT2D eigenvalue weighted by molar-refractivity contribution is 5.88. The molecule has 0 N–H and O–H groups in total. The summed E-state index contributed by atoms with van der Waals surface area (Å²) in [6.07, 6.45) is 3.46. The quantitative estimate of drug-likeness (QED) is 0.257. The van der Waals surface area contributed by atoms with Crippen molar-refractivity contribution in [3.8, 4) is 0 Å². The Morgan fingerprint density at radius 3 is 2.27 bits per heavy atom.